The minimum absolute atomic E-state index is 0.122. The molecule has 10 unspecified atom stereocenters. The molecule has 10 atom stereocenters. The molecule has 0 aliphatic heterocycles. The Morgan fingerprint density at radius 2 is 0.974 bits per heavy atom. The number of aliphatic hydroxyl groups is 2. The molecule has 222 valence electrons. The first-order valence-electron chi connectivity index (χ1n) is 15.5. The quantitative estimate of drug-likeness (QED) is 0.232. The van der Waals surface area contributed by atoms with E-state index in [1.807, 2.05) is 13.8 Å². The zero-order chi connectivity index (χ0) is 26.7. The highest BCUT2D eigenvalue weighted by atomic mass is 16.7. The summed E-state index contributed by atoms with van der Waals surface area (Å²) in [5.74, 6) is 2.34. The Balaban J connectivity index is 0.961. The topological polar surface area (TPSA) is 95.8 Å². The average Bonchev–Trinajstić information content (AvgIpc) is 2.89. The molecule has 38 heavy (non-hydrogen) atoms. The Morgan fingerprint density at radius 1 is 0.553 bits per heavy atom. The van der Waals surface area contributed by atoms with Crippen LogP contribution in [0.25, 0.3) is 0 Å². The first kappa shape index (κ1) is 30.6. The van der Waals surface area contributed by atoms with Crippen LogP contribution in [0.3, 0.4) is 0 Å². The minimum Gasteiger partial charge on any atom is -0.393 e. The summed E-state index contributed by atoms with van der Waals surface area (Å²) in [7, 11) is 0. The first-order valence-corrected chi connectivity index (χ1v) is 15.5. The summed E-state index contributed by atoms with van der Waals surface area (Å²) in [5, 5.41) is 19.9. The van der Waals surface area contributed by atoms with Crippen LogP contribution in [0.2, 0.25) is 0 Å². The Labute approximate surface area is 230 Å². The summed E-state index contributed by atoms with van der Waals surface area (Å²) < 4.78 is 35.4. The van der Waals surface area contributed by atoms with Gasteiger partial charge < -0.3 is 38.6 Å². The van der Waals surface area contributed by atoms with Crippen LogP contribution < -0.4 is 0 Å². The van der Waals surface area contributed by atoms with Crippen molar-refractivity contribution in [2.45, 2.75) is 128 Å². The summed E-state index contributed by atoms with van der Waals surface area (Å²) in [6.45, 7) is 7.03. The Kier molecular flexibility index (Phi) is 13.1. The SMILES string of the molecule is CC(OCCOCCOCCOC(C)OC1CCCC2CC(O)CCC21)OC1CCCC2CC(O)CCC21. The molecule has 0 spiro atoms. The molecule has 0 heterocycles. The van der Waals surface area contributed by atoms with Gasteiger partial charge in [-0.15, -0.1) is 0 Å². The lowest BCUT2D eigenvalue weighted by molar-refractivity contribution is -0.197. The second-order valence-electron chi connectivity index (χ2n) is 12.1. The van der Waals surface area contributed by atoms with Gasteiger partial charge in [-0.1, -0.05) is 12.8 Å². The molecule has 0 aromatic rings. The van der Waals surface area contributed by atoms with Gasteiger partial charge in [0.05, 0.1) is 64.1 Å². The summed E-state index contributed by atoms with van der Waals surface area (Å²) >= 11 is 0. The maximum Gasteiger partial charge on any atom is 0.155 e. The van der Waals surface area contributed by atoms with Gasteiger partial charge in [0.25, 0.3) is 0 Å². The summed E-state index contributed by atoms with van der Waals surface area (Å²) in [6, 6.07) is 0. The van der Waals surface area contributed by atoms with Crippen LogP contribution in [-0.2, 0) is 28.4 Å². The highest BCUT2D eigenvalue weighted by Crippen LogP contribution is 2.43. The molecule has 0 aromatic carbocycles. The van der Waals surface area contributed by atoms with Crippen molar-refractivity contribution in [2.24, 2.45) is 23.7 Å². The van der Waals surface area contributed by atoms with Gasteiger partial charge in [-0.3, -0.25) is 0 Å². The molecule has 4 fully saturated rings. The molecule has 0 amide bonds. The van der Waals surface area contributed by atoms with E-state index in [0.717, 1.165) is 51.4 Å². The van der Waals surface area contributed by atoms with E-state index < -0.39 is 0 Å². The van der Waals surface area contributed by atoms with Gasteiger partial charge in [0.1, 0.15) is 0 Å². The van der Waals surface area contributed by atoms with Crippen molar-refractivity contribution in [2.75, 3.05) is 39.6 Å². The highest BCUT2D eigenvalue weighted by Gasteiger charge is 2.39. The summed E-state index contributed by atoms with van der Waals surface area (Å²) in [4.78, 5) is 0. The fourth-order valence-corrected chi connectivity index (χ4v) is 7.54. The van der Waals surface area contributed by atoms with Gasteiger partial charge in [0, 0.05) is 0 Å². The predicted octanol–water partition coefficient (Wildman–Crippen LogP) is 4.44. The third kappa shape index (κ3) is 9.65. The van der Waals surface area contributed by atoms with E-state index in [9.17, 15) is 10.2 Å². The van der Waals surface area contributed by atoms with E-state index in [1.165, 1.54) is 25.7 Å². The van der Waals surface area contributed by atoms with Gasteiger partial charge >= 0.3 is 0 Å². The van der Waals surface area contributed by atoms with Gasteiger partial charge in [-0.05, 0) is 102 Å². The smallest absolute Gasteiger partial charge is 0.155 e. The lowest BCUT2D eigenvalue weighted by Crippen LogP contribution is -2.41. The number of aliphatic hydroxyl groups excluding tert-OH is 2. The lowest BCUT2D eigenvalue weighted by Gasteiger charge is -2.43. The van der Waals surface area contributed by atoms with Crippen LogP contribution in [0.5, 0.6) is 0 Å². The molecule has 0 saturated heterocycles. The standard InChI is InChI=1S/C30H54O8/c1-21(37-29-7-3-5-23-19-25(31)9-11-27(23)29)35-17-15-33-13-14-34-16-18-36-22(2)38-30-8-4-6-24-20-26(32)10-12-28(24)30/h21-32H,3-20H2,1-2H3. The van der Waals surface area contributed by atoms with Gasteiger partial charge in [0.2, 0.25) is 0 Å². The second kappa shape index (κ2) is 16.2. The predicted molar refractivity (Wildman–Crippen MR) is 144 cm³/mol. The number of ether oxygens (including phenoxy) is 6. The number of hydrogen-bond donors (Lipinski definition) is 2. The maximum absolute atomic E-state index is 9.97. The van der Waals surface area contributed by atoms with Gasteiger partial charge in [0.15, 0.2) is 12.6 Å². The number of rotatable bonds is 15. The van der Waals surface area contributed by atoms with Crippen molar-refractivity contribution in [3.63, 3.8) is 0 Å². The molecule has 4 saturated carbocycles. The molecule has 0 radical (unpaired) electrons. The van der Waals surface area contributed by atoms with E-state index >= 15 is 0 Å². The van der Waals surface area contributed by atoms with Crippen molar-refractivity contribution in [1.29, 1.82) is 0 Å². The minimum atomic E-state index is -0.240. The number of hydrogen-bond acceptors (Lipinski definition) is 8. The van der Waals surface area contributed by atoms with E-state index in [2.05, 4.69) is 0 Å². The van der Waals surface area contributed by atoms with Crippen LogP contribution in [0.15, 0.2) is 0 Å². The maximum atomic E-state index is 9.97. The highest BCUT2D eigenvalue weighted by molar-refractivity contribution is 4.89. The van der Waals surface area contributed by atoms with Crippen LogP contribution in [0, 0.1) is 23.7 Å². The average molecular weight is 543 g/mol. The van der Waals surface area contributed by atoms with Crippen LogP contribution in [-0.4, -0.2) is 86.9 Å². The van der Waals surface area contributed by atoms with Crippen molar-refractivity contribution in [3.05, 3.63) is 0 Å². The molecule has 4 rings (SSSR count). The molecule has 0 aromatic heterocycles. The second-order valence-corrected chi connectivity index (χ2v) is 12.1. The van der Waals surface area contributed by atoms with E-state index in [0.29, 0.717) is 63.3 Å². The molecule has 8 nitrogen and oxygen atoms in total. The van der Waals surface area contributed by atoms with Crippen LogP contribution in [0.4, 0.5) is 0 Å². The molecule has 4 aliphatic rings. The monoisotopic (exact) mass is 542 g/mol. The third-order valence-corrected chi connectivity index (χ3v) is 9.37. The number of fused-ring (bicyclic) bond motifs is 2. The van der Waals surface area contributed by atoms with Crippen LogP contribution >= 0.6 is 0 Å². The van der Waals surface area contributed by atoms with E-state index in [1.54, 1.807) is 0 Å². The van der Waals surface area contributed by atoms with Gasteiger partial charge in [-0.25, -0.2) is 0 Å². The Morgan fingerprint density at radius 3 is 1.42 bits per heavy atom. The first-order chi connectivity index (χ1) is 18.5. The molecular formula is C30H54O8. The Bertz CT molecular complexity index is 596. The molecule has 0 bridgehead atoms. The zero-order valence-corrected chi connectivity index (χ0v) is 23.8. The molecule has 8 heteroatoms. The van der Waals surface area contributed by atoms with E-state index in [-0.39, 0.29) is 37.0 Å². The fourth-order valence-electron chi connectivity index (χ4n) is 7.54. The zero-order valence-electron chi connectivity index (χ0n) is 23.8. The van der Waals surface area contributed by atoms with Crippen molar-refractivity contribution in [3.8, 4) is 0 Å². The summed E-state index contributed by atoms with van der Waals surface area (Å²) in [6.07, 6.45) is 12.6. The molecule has 2 N–H and O–H groups in total. The molecule has 4 aliphatic carbocycles. The normalized spacial score (nSPS) is 37.3. The van der Waals surface area contributed by atoms with Crippen LogP contribution in [0.1, 0.15) is 90.9 Å². The summed E-state index contributed by atoms with van der Waals surface area (Å²) in [5.41, 5.74) is 0. The van der Waals surface area contributed by atoms with Crippen molar-refractivity contribution < 1.29 is 38.6 Å². The van der Waals surface area contributed by atoms with Crippen molar-refractivity contribution in [1.82, 2.24) is 0 Å². The molecular weight excluding hydrogens is 488 g/mol. The van der Waals surface area contributed by atoms with Gasteiger partial charge in [-0.2, -0.15) is 0 Å². The largest absolute Gasteiger partial charge is 0.393 e. The fraction of sp³-hybridized carbons (Fsp3) is 1.00. The third-order valence-electron chi connectivity index (χ3n) is 9.37. The van der Waals surface area contributed by atoms with Crippen molar-refractivity contribution >= 4 is 0 Å². The Hall–Kier alpha value is -0.320. The van der Waals surface area contributed by atoms with E-state index in [4.69, 9.17) is 28.4 Å². The lowest BCUT2D eigenvalue weighted by atomic mass is 9.68.